The maximum absolute atomic E-state index is 6.28. The van der Waals surface area contributed by atoms with E-state index in [4.69, 9.17) is 21.8 Å². The van der Waals surface area contributed by atoms with E-state index in [9.17, 15) is 0 Å². The van der Waals surface area contributed by atoms with Crippen molar-refractivity contribution in [2.75, 3.05) is 0 Å². The fraction of sp³-hybridized carbons (Fsp3) is 0.500. The highest BCUT2D eigenvalue weighted by atomic mass is 35.5. The van der Waals surface area contributed by atoms with Crippen LogP contribution in [0.5, 0.6) is 0 Å². The Hall–Kier alpha value is -1.06. The van der Waals surface area contributed by atoms with E-state index >= 15 is 0 Å². The van der Waals surface area contributed by atoms with Crippen LogP contribution < -0.4 is 5.73 Å². The van der Waals surface area contributed by atoms with Crippen molar-refractivity contribution in [1.82, 2.24) is 4.98 Å². The number of nitrogens with zero attached hydrogens (tertiary/aromatic N) is 1. The largest absolute Gasteiger partial charge is 0.439 e. The van der Waals surface area contributed by atoms with Crippen LogP contribution in [-0.4, -0.2) is 4.98 Å². The molecule has 0 radical (unpaired) electrons. The summed E-state index contributed by atoms with van der Waals surface area (Å²) in [5.41, 5.74) is 7.84. The number of fused-ring (bicyclic) bond motifs is 1. The molecule has 0 amide bonds. The molecule has 1 aliphatic rings. The fourth-order valence-corrected chi connectivity index (χ4v) is 2.92. The van der Waals surface area contributed by atoms with Crippen LogP contribution in [0.25, 0.3) is 11.1 Å². The van der Waals surface area contributed by atoms with Crippen molar-refractivity contribution in [2.24, 2.45) is 11.7 Å². The number of rotatable bonds is 2. The zero-order valence-electron chi connectivity index (χ0n) is 10.2. The SMILES string of the molecule is NC(c1nc2ccc(Cl)cc2o1)C1CCCCC1. The summed E-state index contributed by atoms with van der Waals surface area (Å²) in [5, 5.41) is 0.663. The normalized spacial score (nSPS) is 19.2. The standard InChI is InChI=1S/C14H17ClN2O/c15-10-6-7-11-12(8-10)18-14(17-11)13(16)9-4-2-1-3-5-9/h6-9,13H,1-5,16H2. The first-order valence-corrected chi connectivity index (χ1v) is 6.93. The molecule has 1 atom stereocenters. The van der Waals surface area contributed by atoms with Crippen molar-refractivity contribution < 1.29 is 4.42 Å². The topological polar surface area (TPSA) is 52.0 Å². The first kappa shape index (κ1) is 12.0. The van der Waals surface area contributed by atoms with Gasteiger partial charge in [-0.3, -0.25) is 0 Å². The number of benzene rings is 1. The van der Waals surface area contributed by atoms with Gasteiger partial charge in [-0.2, -0.15) is 0 Å². The number of hydrogen-bond acceptors (Lipinski definition) is 3. The van der Waals surface area contributed by atoms with Crippen molar-refractivity contribution >= 4 is 22.7 Å². The van der Waals surface area contributed by atoms with Gasteiger partial charge in [0, 0.05) is 11.1 Å². The molecule has 1 saturated carbocycles. The van der Waals surface area contributed by atoms with Gasteiger partial charge in [-0.25, -0.2) is 4.98 Å². The first-order valence-electron chi connectivity index (χ1n) is 6.55. The van der Waals surface area contributed by atoms with Crippen LogP contribution in [0.3, 0.4) is 0 Å². The summed E-state index contributed by atoms with van der Waals surface area (Å²) in [6.07, 6.45) is 6.22. The van der Waals surface area contributed by atoms with Crippen LogP contribution in [0.1, 0.15) is 44.0 Å². The minimum absolute atomic E-state index is 0.0866. The van der Waals surface area contributed by atoms with Gasteiger partial charge in [-0.05, 0) is 30.9 Å². The lowest BCUT2D eigenvalue weighted by Gasteiger charge is -2.25. The van der Waals surface area contributed by atoms with E-state index in [1.54, 1.807) is 6.07 Å². The summed E-state index contributed by atoms with van der Waals surface area (Å²) >= 11 is 5.94. The van der Waals surface area contributed by atoms with Gasteiger partial charge < -0.3 is 10.2 Å². The van der Waals surface area contributed by atoms with Crippen LogP contribution >= 0.6 is 11.6 Å². The van der Waals surface area contributed by atoms with E-state index in [-0.39, 0.29) is 6.04 Å². The van der Waals surface area contributed by atoms with Gasteiger partial charge in [0.15, 0.2) is 5.58 Å². The third-order valence-electron chi connectivity index (χ3n) is 3.81. The number of nitrogens with two attached hydrogens (primary N) is 1. The third kappa shape index (κ3) is 2.25. The minimum Gasteiger partial charge on any atom is -0.439 e. The smallest absolute Gasteiger partial charge is 0.212 e. The molecule has 1 heterocycles. The van der Waals surface area contributed by atoms with Crippen LogP contribution in [0.15, 0.2) is 22.6 Å². The molecular weight excluding hydrogens is 248 g/mol. The molecule has 1 unspecified atom stereocenters. The Morgan fingerprint density at radius 1 is 1.28 bits per heavy atom. The first-order chi connectivity index (χ1) is 8.74. The molecule has 0 aliphatic heterocycles. The van der Waals surface area contributed by atoms with Gasteiger partial charge in [0.2, 0.25) is 5.89 Å². The van der Waals surface area contributed by atoms with E-state index in [0.717, 1.165) is 11.1 Å². The molecule has 0 bridgehead atoms. The Labute approximate surface area is 111 Å². The summed E-state index contributed by atoms with van der Waals surface area (Å²) in [6.45, 7) is 0. The lowest BCUT2D eigenvalue weighted by molar-refractivity contribution is 0.278. The average molecular weight is 265 g/mol. The van der Waals surface area contributed by atoms with Crippen LogP contribution in [-0.2, 0) is 0 Å². The quantitative estimate of drug-likeness (QED) is 0.890. The predicted octanol–water partition coefficient (Wildman–Crippen LogP) is 4.06. The molecule has 2 N–H and O–H groups in total. The number of halogens is 1. The molecule has 96 valence electrons. The summed E-state index contributed by atoms with van der Waals surface area (Å²) in [6, 6.07) is 5.40. The predicted molar refractivity (Wildman–Crippen MR) is 72.5 cm³/mol. The Bertz CT molecular complexity index is 546. The molecule has 18 heavy (non-hydrogen) atoms. The number of oxazole rings is 1. The van der Waals surface area contributed by atoms with Crippen LogP contribution in [0, 0.1) is 5.92 Å². The van der Waals surface area contributed by atoms with Crippen molar-refractivity contribution in [1.29, 1.82) is 0 Å². The van der Waals surface area contributed by atoms with Gasteiger partial charge in [0.05, 0.1) is 6.04 Å². The van der Waals surface area contributed by atoms with Crippen molar-refractivity contribution in [2.45, 2.75) is 38.1 Å². The molecule has 0 saturated heterocycles. The maximum atomic E-state index is 6.28. The third-order valence-corrected chi connectivity index (χ3v) is 4.04. The Balaban J connectivity index is 1.88. The Morgan fingerprint density at radius 2 is 2.06 bits per heavy atom. The molecule has 3 rings (SSSR count). The highest BCUT2D eigenvalue weighted by Gasteiger charge is 2.25. The zero-order valence-corrected chi connectivity index (χ0v) is 11.0. The second kappa shape index (κ2) is 4.90. The highest BCUT2D eigenvalue weighted by molar-refractivity contribution is 6.31. The highest BCUT2D eigenvalue weighted by Crippen LogP contribution is 2.33. The molecule has 1 aliphatic carbocycles. The minimum atomic E-state index is -0.0866. The van der Waals surface area contributed by atoms with Gasteiger partial charge in [0.25, 0.3) is 0 Å². The molecule has 2 aromatic rings. The summed E-state index contributed by atoms with van der Waals surface area (Å²) in [5.74, 6) is 1.15. The van der Waals surface area contributed by atoms with Crippen LogP contribution in [0.2, 0.25) is 5.02 Å². The van der Waals surface area contributed by atoms with E-state index in [0.29, 0.717) is 16.8 Å². The molecule has 4 heteroatoms. The molecule has 0 spiro atoms. The van der Waals surface area contributed by atoms with Gasteiger partial charge >= 0.3 is 0 Å². The summed E-state index contributed by atoms with van der Waals surface area (Å²) < 4.78 is 5.74. The lowest BCUT2D eigenvalue weighted by atomic mass is 9.84. The molecule has 1 aromatic carbocycles. The Kier molecular flexibility index (Phi) is 3.27. The fourth-order valence-electron chi connectivity index (χ4n) is 2.75. The summed E-state index contributed by atoms with van der Waals surface area (Å²) in [4.78, 5) is 4.48. The van der Waals surface area contributed by atoms with E-state index < -0.39 is 0 Å². The molecule has 1 fully saturated rings. The van der Waals surface area contributed by atoms with Gasteiger partial charge in [-0.15, -0.1) is 0 Å². The van der Waals surface area contributed by atoms with Crippen molar-refractivity contribution in [3.05, 3.63) is 29.1 Å². The number of aromatic nitrogens is 1. The van der Waals surface area contributed by atoms with Gasteiger partial charge in [0.1, 0.15) is 5.52 Å². The van der Waals surface area contributed by atoms with Gasteiger partial charge in [-0.1, -0.05) is 30.9 Å². The zero-order chi connectivity index (χ0) is 12.5. The van der Waals surface area contributed by atoms with E-state index in [2.05, 4.69) is 4.98 Å². The second-order valence-electron chi connectivity index (χ2n) is 5.09. The average Bonchev–Trinajstić information content (AvgIpc) is 2.81. The van der Waals surface area contributed by atoms with Crippen LogP contribution in [0.4, 0.5) is 0 Å². The lowest BCUT2D eigenvalue weighted by Crippen LogP contribution is -2.23. The van der Waals surface area contributed by atoms with Crippen molar-refractivity contribution in [3.63, 3.8) is 0 Å². The van der Waals surface area contributed by atoms with E-state index in [1.807, 2.05) is 12.1 Å². The van der Waals surface area contributed by atoms with Crippen molar-refractivity contribution in [3.8, 4) is 0 Å². The Morgan fingerprint density at radius 3 is 2.83 bits per heavy atom. The monoisotopic (exact) mass is 264 g/mol. The van der Waals surface area contributed by atoms with E-state index in [1.165, 1.54) is 32.1 Å². The second-order valence-corrected chi connectivity index (χ2v) is 5.52. The summed E-state index contributed by atoms with van der Waals surface area (Å²) in [7, 11) is 0. The molecule has 3 nitrogen and oxygen atoms in total. The maximum Gasteiger partial charge on any atom is 0.212 e. The molecular formula is C14H17ClN2O. The number of hydrogen-bond donors (Lipinski definition) is 1. The molecule has 1 aromatic heterocycles.